The van der Waals surface area contributed by atoms with E-state index in [4.69, 9.17) is 4.74 Å². The maximum Gasteiger partial charge on any atom is 0.312 e. The molecule has 0 unspecified atom stereocenters. The third-order valence-electron chi connectivity index (χ3n) is 3.14. The summed E-state index contributed by atoms with van der Waals surface area (Å²) < 4.78 is 4.75. The Bertz CT molecular complexity index is 378. The largest absolute Gasteiger partial charge is 0.469 e. The van der Waals surface area contributed by atoms with Gasteiger partial charge in [-0.25, -0.2) is 0 Å². The predicted octanol–water partition coefficient (Wildman–Crippen LogP) is 1.58. The standard InChI is InChI=1S/C15H23NO3/c1-11(2)14(17)13(15(18)19-3)10-16-9-12-7-5-4-6-8-12/h4-8,11,13-14,16-17H,9-10H2,1-3H3/t13-,14-/m1/s1. The lowest BCUT2D eigenvalue weighted by molar-refractivity contribution is -0.150. The van der Waals surface area contributed by atoms with E-state index in [1.54, 1.807) is 0 Å². The second kappa shape index (κ2) is 7.92. The highest BCUT2D eigenvalue weighted by Crippen LogP contribution is 2.14. The minimum Gasteiger partial charge on any atom is -0.469 e. The zero-order valence-electron chi connectivity index (χ0n) is 11.8. The van der Waals surface area contributed by atoms with Gasteiger partial charge < -0.3 is 15.2 Å². The molecule has 1 aromatic rings. The Balaban J connectivity index is 2.51. The fourth-order valence-electron chi connectivity index (χ4n) is 1.93. The zero-order chi connectivity index (χ0) is 14.3. The molecular weight excluding hydrogens is 242 g/mol. The Hall–Kier alpha value is -1.39. The highest BCUT2D eigenvalue weighted by atomic mass is 16.5. The zero-order valence-corrected chi connectivity index (χ0v) is 11.8. The van der Waals surface area contributed by atoms with Crippen molar-refractivity contribution in [1.82, 2.24) is 5.32 Å². The maximum atomic E-state index is 11.7. The van der Waals surface area contributed by atoms with Crippen molar-refractivity contribution in [2.75, 3.05) is 13.7 Å². The van der Waals surface area contributed by atoms with Crippen molar-refractivity contribution in [2.24, 2.45) is 11.8 Å². The molecule has 0 fully saturated rings. The summed E-state index contributed by atoms with van der Waals surface area (Å²) in [7, 11) is 1.35. The quantitative estimate of drug-likeness (QED) is 0.735. The van der Waals surface area contributed by atoms with Crippen molar-refractivity contribution in [2.45, 2.75) is 26.5 Å². The van der Waals surface area contributed by atoms with Crippen LogP contribution in [0.4, 0.5) is 0 Å². The second-order valence-corrected chi connectivity index (χ2v) is 4.98. The van der Waals surface area contributed by atoms with Crippen LogP contribution in [0.1, 0.15) is 19.4 Å². The first-order valence-corrected chi connectivity index (χ1v) is 6.56. The number of benzene rings is 1. The molecule has 1 rings (SSSR count). The Labute approximate surface area is 114 Å². The van der Waals surface area contributed by atoms with Gasteiger partial charge >= 0.3 is 5.97 Å². The van der Waals surface area contributed by atoms with Gasteiger partial charge in [0.2, 0.25) is 0 Å². The van der Waals surface area contributed by atoms with E-state index in [0.29, 0.717) is 13.1 Å². The summed E-state index contributed by atoms with van der Waals surface area (Å²) in [6, 6.07) is 9.93. The van der Waals surface area contributed by atoms with Gasteiger partial charge in [-0.2, -0.15) is 0 Å². The molecule has 0 aliphatic rings. The third kappa shape index (κ3) is 5.01. The molecule has 19 heavy (non-hydrogen) atoms. The third-order valence-corrected chi connectivity index (χ3v) is 3.14. The number of carbonyl (C=O) groups excluding carboxylic acids is 1. The van der Waals surface area contributed by atoms with Crippen LogP contribution in [0.15, 0.2) is 30.3 Å². The van der Waals surface area contributed by atoms with Crippen LogP contribution in [-0.2, 0) is 16.1 Å². The van der Waals surface area contributed by atoms with E-state index >= 15 is 0 Å². The van der Waals surface area contributed by atoms with Crippen molar-refractivity contribution in [3.63, 3.8) is 0 Å². The van der Waals surface area contributed by atoms with E-state index in [1.165, 1.54) is 7.11 Å². The van der Waals surface area contributed by atoms with Crippen molar-refractivity contribution in [1.29, 1.82) is 0 Å². The van der Waals surface area contributed by atoms with Crippen LogP contribution in [0.2, 0.25) is 0 Å². The molecule has 0 saturated heterocycles. The van der Waals surface area contributed by atoms with Crippen LogP contribution in [0.25, 0.3) is 0 Å². The van der Waals surface area contributed by atoms with Gasteiger partial charge in [-0.05, 0) is 11.5 Å². The van der Waals surface area contributed by atoms with E-state index in [0.717, 1.165) is 5.56 Å². The number of rotatable bonds is 7. The van der Waals surface area contributed by atoms with Gasteiger partial charge in [0.15, 0.2) is 0 Å². The predicted molar refractivity (Wildman–Crippen MR) is 74.5 cm³/mol. The Morgan fingerprint density at radius 2 is 1.95 bits per heavy atom. The summed E-state index contributed by atoms with van der Waals surface area (Å²) in [6.45, 7) is 4.84. The average molecular weight is 265 g/mol. The lowest BCUT2D eigenvalue weighted by atomic mass is 9.93. The molecule has 0 heterocycles. The SMILES string of the molecule is COC(=O)[C@H](CNCc1ccccc1)[C@H](O)C(C)C. The average Bonchev–Trinajstić information content (AvgIpc) is 2.43. The molecule has 0 amide bonds. The van der Waals surface area contributed by atoms with Crippen LogP contribution in [0.5, 0.6) is 0 Å². The van der Waals surface area contributed by atoms with E-state index in [-0.39, 0.29) is 11.9 Å². The second-order valence-electron chi connectivity index (χ2n) is 4.98. The molecule has 106 valence electrons. The molecule has 4 nitrogen and oxygen atoms in total. The summed E-state index contributed by atoms with van der Waals surface area (Å²) in [5, 5.41) is 13.2. The number of aliphatic hydroxyl groups excluding tert-OH is 1. The van der Waals surface area contributed by atoms with Crippen molar-refractivity contribution in [3.8, 4) is 0 Å². The van der Waals surface area contributed by atoms with E-state index in [9.17, 15) is 9.90 Å². The lowest BCUT2D eigenvalue weighted by Gasteiger charge is -2.24. The number of carbonyl (C=O) groups is 1. The minimum atomic E-state index is -0.698. The molecule has 4 heteroatoms. The fourth-order valence-corrected chi connectivity index (χ4v) is 1.93. The number of hydrogen-bond donors (Lipinski definition) is 2. The molecule has 0 aromatic heterocycles. The normalized spacial score (nSPS) is 14.2. The minimum absolute atomic E-state index is 0.0163. The monoisotopic (exact) mass is 265 g/mol. The van der Waals surface area contributed by atoms with Crippen molar-refractivity contribution >= 4 is 5.97 Å². The van der Waals surface area contributed by atoms with Gasteiger partial charge in [0.05, 0.1) is 19.1 Å². The molecule has 0 aliphatic carbocycles. The molecule has 0 bridgehead atoms. The van der Waals surface area contributed by atoms with Gasteiger partial charge in [-0.3, -0.25) is 4.79 Å². The van der Waals surface area contributed by atoms with Crippen LogP contribution in [0.3, 0.4) is 0 Å². The van der Waals surface area contributed by atoms with E-state index in [2.05, 4.69) is 5.32 Å². The van der Waals surface area contributed by atoms with Gasteiger partial charge in [0, 0.05) is 13.1 Å². The van der Waals surface area contributed by atoms with Crippen LogP contribution in [-0.4, -0.2) is 30.8 Å². The molecule has 2 atom stereocenters. The number of ether oxygens (including phenoxy) is 1. The lowest BCUT2D eigenvalue weighted by Crippen LogP contribution is -2.40. The fraction of sp³-hybridized carbons (Fsp3) is 0.533. The number of hydrogen-bond acceptors (Lipinski definition) is 4. The first-order chi connectivity index (χ1) is 9.06. The van der Waals surface area contributed by atoms with Gasteiger partial charge in [-0.1, -0.05) is 44.2 Å². The molecule has 2 N–H and O–H groups in total. The van der Waals surface area contributed by atoms with Gasteiger partial charge in [-0.15, -0.1) is 0 Å². The first kappa shape index (κ1) is 15.7. The van der Waals surface area contributed by atoms with Crippen LogP contribution < -0.4 is 5.32 Å². The highest BCUT2D eigenvalue weighted by Gasteiger charge is 2.29. The van der Waals surface area contributed by atoms with Crippen LogP contribution in [0, 0.1) is 11.8 Å². The summed E-state index contributed by atoms with van der Waals surface area (Å²) >= 11 is 0. The van der Waals surface area contributed by atoms with Gasteiger partial charge in [0.1, 0.15) is 0 Å². The summed E-state index contributed by atoms with van der Waals surface area (Å²) in [6.07, 6.45) is -0.698. The number of esters is 1. The summed E-state index contributed by atoms with van der Waals surface area (Å²) in [5.41, 5.74) is 1.14. The van der Waals surface area contributed by atoms with Gasteiger partial charge in [0.25, 0.3) is 0 Å². The smallest absolute Gasteiger partial charge is 0.312 e. The molecule has 0 aliphatic heterocycles. The van der Waals surface area contributed by atoms with E-state index in [1.807, 2.05) is 44.2 Å². The number of nitrogens with one attached hydrogen (secondary N) is 1. The summed E-state index contributed by atoms with van der Waals surface area (Å²) in [4.78, 5) is 11.7. The molecule has 0 spiro atoms. The Morgan fingerprint density at radius 1 is 1.32 bits per heavy atom. The topological polar surface area (TPSA) is 58.6 Å². The first-order valence-electron chi connectivity index (χ1n) is 6.56. The Kier molecular flexibility index (Phi) is 6.53. The molecular formula is C15H23NO3. The number of methoxy groups -OCH3 is 1. The molecule has 0 radical (unpaired) electrons. The van der Waals surface area contributed by atoms with Crippen LogP contribution >= 0.6 is 0 Å². The highest BCUT2D eigenvalue weighted by molar-refractivity contribution is 5.73. The maximum absolute atomic E-state index is 11.7. The van der Waals surface area contributed by atoms with Crippen molar-refractivity contribution < 1.29 is 14.6 Å². The molecule has 0 saturated carbocycles. The van der Waals surface area contributed by atoms with Crippen molar-refractivity contribution in [3.05, 3.63) is 35.9 Å². The van der Waals surface area contributed by atoms with E-state index < -0.39 is 12.0 Å². The number of aliphatic hydroxyl groups is 1. The molecule has 1 aromatic carbocycles. The summed E-state index contributed by atoms with van der Waals surface area (Å²) in [5.74, 6) is -0.891. The Morgan fingerprint density at radius 3 is 2.47 bits per heavy atom.